The van der Waals surface area contributed by atoms with Crippen molar-refractivity contribution in [2.45, 2.75) is 44.9 Å². The maximum atomic E-state index is 5.77. The number of rotatable bonds is 9. The van der Waals surface area contributed by atoms with Crippen molar-refractivity contribution in [2.24, 2.45) is 0 Å². The fourth-order valence-corrected chi connectivity index (χ4v) is 1.04. The summed E-state index contributed by atoms with van der Waals surface area (Å²) in [5.41, 5.74) is 0. The Morgan fingerprint density at radius 3 is 2.31 bits per heavy atom. The Morgan fingerprint density at radius 1 is 1.15 bits per heavy atom. The Kier molecular flexibility index (Phi) is 10.5. The fourth-order valence-electron chi connectivity index (χ4n) is 0.890. The van der Waals surface area contributed by atoms with Crippen molar-refractivity contribution in [1.29, 1.82) is 0 Å². The molecule has 0 aliphatic heterocycles. The maximum absolute atomic E-state index is 5.77. The molecule has 0 bridgehead atoms. The molecule has 0 N–H and O–H groups in total. The monoisotopic (exact) mass is 208 g/mol. The largest absolute Gasteiger partial charge is 0.355 e. The smallest absolute Gasteiger partial charge is 0.146 e. The molecule has 0 spiro atoms. The second-order valence-corrected chi connectivity index (χ2v) is 3.96. The summed E-state index contributed by atoms with van der Waals surface area (Å²) in [6.45, 7) is 6.13. The Morgan fingerprint density at radius 2 is 1.77 bits per heavy atom. The number of alkyl halides is 1. The lowest BCUT2D eigenvalue weighted by molar-refractivity contribution is -0.0552. The lowest BCUT2D eigenvalue weighted by Gasteiger charge is -2.05. The van der Waals surface area contributed by atoms with Crippen molar-refractivity contribution in [1.82, 2.24) is 0 Å². The molecule has 1 atom stereocenters. The molecule has 0 aromatic rings. The van der Waals surface area contributed by atoms with Crippen LogP contribution in [0.15, 0.2) is 0 Å². The Hall–Kier alpha value is 0.210. The van der Waals surface area contributed by atoms with Gasteiger partial charge in [0.15, 0.2) is 0 Å². The van der Waals surface area contributed by atoms with Crippen molar-refractivity contribution in [3.8, 4) is 0 Å². The van der Waals surface area contributed by atoms with Crippen LogP contribution in [0.1, 0.15) is 39.5 Å². The van der Waals surface area contributed by atoms with Crippen LogP contribution in [0.3, 0.4) is 0 Å². The first-order valence-electron chi connectivity index (χ1n) is 5.07. The van der Waals surface area contributed by atoms with Gasteiger partial charge in [0.05, 0.1) is 0 Å². The third kappa shape index (κ3) is 12.2. The average Bonchev–Trinajstić information content (AvgIpc) is 2.09. The molecule has 0 aliphatic rings. The van der Waals surface area contributed by atoms with Crippen molar-refractivity contribution < 1.29 is 9.47 Å². The molecule has 0 rings (SSSR count). The molecule has 80 valence electrons. The molecule has 2 nitrogen and oxygen atoms in total. The summed E-state index contributed by atoms with van der Waals surface area (Å²) in [5.74, 6) is 0. The van der Waals surface area contributed by atoms with Crippen LogP contribution in [0, 0.1) is 0 Å². The molecule has 0 aliphatic carbocycles. The van der Waals surface area contributed by atoms with Crippen LogP contribution in [-0.4, -0.2) is 25.4 Å². The van der Waals surface area contributed by atoms with Crippen molar-refractivity contribution in [2.75, 3.05) is 20.0 Å². The summed E-state index contributed by atoms with van der Waals surface area (Å²) < 4.78 is 10.5. The zero-order valence-corrected chi connectivity index (χ0v) is 9.48. The van der Waals surface area contributed by atoms with Crippen LogP contribution in [0.2, 0.25) is 0 Å². The van der Waals surface area contributed by atoms with E-state index in [1.54, 1.807) is 0 Å². The van der Waals surface area contributed by atoms with Gasteiger partial charge in [-0.05, 0) is 26.2 Å². The number of halogens is 1. The van der Waals surface area contributed by atoms with Crippen molar-refractivity contribution in [3.63, 3.8) is 0 Å². The van der Waals surface area contributed by atoms with Crippen LogP contribution in [0.4, 0.5) is 0 Å². The molecule has 0 aromatic carbocycles. The quantitative estimate of drug-likeness (QED) is 0.329. The standard InChI is InChI=1S/C10H21ClO2/c1-3-4-7-12-9-13-8-5-6-10(2)11/h10H,3-9H2,1-2H3. The van der Waals surface area contributed by atoms with Gasteiger partial charge in [-0.2, -0.15) is 0 Å². The van der Waals surface area contributed by atoms with Gasteiger partial charge in [-0.25, -0.2) is 0 Å². The number of hydrogen-bond donors (Lipinski definition) is 0. The van der Waals surface area contributed by atoms with E-state index in [9.17, 15) is 0 Å². The minimum Gasteiger partial charge on any atom is -0.355 e. The molecule has 3 heteroatoms. The van der Waals surface area contributed by atoms with E-state index in [0.29, 0.717) is 6.79 Å². The Balaban J connectivity index is 2.84. The molecule has 0 aromatic heterocycles. The Labute approximate surface area is 86.6 Å². The van der Waals surface area contributed by atoms with E-state index in [2.05, 4.69) is 6.92 Å². The Bertz CT molecular complexity index is 96.9. The summed E-state index contributed by atoms with van der Waals surface area (Å²) in [7, 11) is 0. The molecule has 0 radical (unpaired) electrons. The third-order valence-corrected chi connectivity index (χ3v) is 1.92. The second kappa shape index (κ2) is 10.3. The summed E-state index contributed by atoms with van der Waals surface area (Å²) >= 11 is 5.77. The van der Waals surface area contributed by atoms with Gasteiger partial charge in [-0.15, -0.1) is 11.6 Å². The first-order chi connectivity index (χ1) is 6.27. The highest BCUT2D eigenvalue weighted by molar-refractivity contribution is 6.20. The molecular formula is C10H21ClO2. The van der Waals surface area contributed by atoms with Gasteiger partial charge in [-0.1, -0.05) is 13.3 Å². The summed E-state index contributed by atoms with van der Waals surface area (Å²) in [4.78, 5) is 0. The molecule has 0 amide bonds. The van der Waals surface area contributed by atoms with E-state index >= 15 is 0 Å². The lowest BCUT2D eigenvalue weighted by Crippen LogP contribution is -2.04. The first-order valence-corrected chi connectivity index (χ1v) is 5.50. The van der Waals surface area contributed by atoms with Gasteiger partial charge in [0, 0.05) is 18.6 Å². The van der Waals surface area contributed by atoms with Crippen LogP contribution in [0.5, 0.6) is 0 Å². The van der Waals surface area contributed by atoms with Crippen LogP contribution < -0.4 is 0 Å². The van der Waals surface area contributed by atoms with Gasteiger partial charge in [0.1, 0.15) is 6.79 Å². The molecule has 0 heterocycles. The minimum absolute atomic E-state index is 0.254. The highest BCUT2D eigenvalue weighted by Crippen LogP contribution is 2.03. The van der Waals surface area contributed by atoms with Gasteiger partial charge in [0.2, 0.25) is 0 Å². The van der Waals surface area contributed by atoms with Crippen molar-refractivity contribution >= 4 is 11.6 Å². The lowest BCUT2D eigenvalue weighted by atomic mass is 10.3. The molecule has 0 fully saturated rings. The fraction of sp³-hybridized carbons (Fsp3) is 1.00. The second-order valence-electron chi connectivity index (χ2n) is 3.21. The van der Waals surface area contributed by atoms with Gasteiger partial charge in [-0.3, -0.25) is 0 Å². The highest BCUT2D eigenvalue weighted by Gasteiger charge is 1.95. The van der Waals surface area contributed by atoms with E-state index in [0.717, 1.165) is 32.5 Å². The number of ether oxygens (including phenoxy) is 2. The van der Waals surface area contributed by atoms with E-state index in [-0.39, 0.29) is 5.38 Å². The topological polar surface area (TPSA) is 18.5 Å². The molecule has 0 saturated heterocycles. The van der Waals surface area contributed by atoms with Gasteiger partial charge < -0.3 is 9.47 Å². The van der Waals surface area contributed by atoms with E-state index in [1.807, 2.05) is 6.92 Å². The van der Waals surface area contributed by atoms with E-state index < -0.39 is 0 Å². The molecular weight excluding hydrogens is 188 g/mol. The molecule has 1 unspecified atom stereocenters. The van der Waals surface area contributed by atoms with E-state index in [4.69, 9.17) is 21.1 Å². The first kappa shape index (κ1) is 13.2. The third-order valence-electron chi connectivity index (χ3n) is 1.70. The van der Waals surface area contributed by atoms with Crippen molar-refractivity contribution in [3.05, 3.63) is 0 Å². The van der Waals surface area contributed by atoms with Crippen LogP contribution in [-0.2, 0) is 9.47 Å². The number of hydrogen-bond acceptors (Lipinski definition) is 2. The van der Waals surface area contributed by atoms with Gasteiger partial charge in [0.25, 0.3) is 0 Å². The maximum Gasteiger partial charge on any atom is 0.146 e. The zero-order valence-electron chi connectivity index (χ0n) is 8.72. The summed E-state index contributed by atoms with van der Waals surface area (Å²) in [5, 5.41) is 0.254. The molecule has 0 saturated carbocycles. The number of unbranched alkanes of at least 4 members (excludes halogenated alkanes) is 1. The minimum atomic E-state index is 0.254. The average molecular weight is 209 g/mol. The normalized spacial score (nSPS) is 13.2. The summed E-state index contributed by atoms with van der Waals surface area (Å²) in [6.07, 6.45) is 4.31. The van der Waals surface area contributed by atoms with Gasteiger partial charge >= 0.3 is 0 Å². The van der Waals surface area contributed by atoms with Crippen LogP contribution in [0.25, 0.3) is 0 Å². The zero-order chi connectivity index (χ0) is 9.94. The molecule has 13 heavy (non-hydrogen) atoms. The summed E-state index contributed by atoms with van der Waals surface area (Å²) in [6, 6.07) is 0. The SMILES string of the molecule is CCCCOCOCCCC(C)Cl. The van der Waals surface area contributed by atoms with E-state index in [1.165, 1.54) is 6.42 Å². The van der Waals surface area contributed by atoms with Crippen LogP contribution >= 0.6 is 11.6 Å². The predicted molar refractivity (Wildman–Crippen MR) is 56.2 cm³/mol. The highest BCUT2D eigenvalue weighted by atomic mass is 35.5. The predicted octanol–water partition coefficient (Wildman–Crippen LogP) is 3.18.